The number of nitrogens with zero attached hydrogens (tertiary/aromatic N) is 2. The molecular formula is C21H30N4O. The van der Waals surface area contributed by atoms with Crippen molar-refractivity contribution in [1.82, 2.24) is 15.1 Å². The zero-order chi connectivity index (χ0) is 18.4. The van der Waals surface area contributed by atoms with Crippen LogP contribution in [0.1, 0.15) is 49.7 Å². The Morgan fingerprint density at radius 1 is 1.15 bits per heavy atom. The third-order valence-corrected chi connectivity index (χ3v) is 5.09. The first-order chi connectivity index (χ1) is 12.6. The first-order valence-corrected chi connectivity index (χ1v) is 9.77. The Labute approximate surface area is 156 Å². The highest BCUT2D eigenvalue weighted by Crippen LogP contribution is 2.24. The smallest absolute Gasteiger partial charge is 0.225 e. The van der Waals surface area contributed by atoms with Gasteiger partial charge in [0.15, 0.2) is 5.82 Å². The van der Waals surface area contributed by atoms with Crippen LogP contribution in [-0.4, -0.2) is 40.6 Å². The van der Waals surface area contributed by atoms with E-state index < -0.39 is 0 Å². The van der Waals surface area contributed by atoms with E-state index in [0.29, 0.717) is 12.2 Å². The number of aromatic nitrogens is 2. The van der Waals surface area contributed by atoms with Crippen LogP contribution in [0.15, 0.2) is 24.3 Å². The summed E-state index contributed by atoms with van der Waals surface area (Å²) in [6.45, 7) is 7.55. The van der Waals surface area contributed by atoms with Crippen LogP contribution in [-0.2, 0) is 4.79 Å². The fourth-order valence-electron chi connectivity index (χ4n) is 3.67. The van der Waals surface area contributed by atoms with Crippen LogP contribution in [0.3, 0.4) is 0 Å². The van der Waals surface area contributed by atoms with E-state index in [-0.39, 0.29) is 5.91 Å². The number of nitrogens with one attached hydrogen (secondary N) is 2. The van der Waals surface area contributed by atoms with E-state index >= 15 is 0 Å². The Bertz CT molecular complexity index is 729. The van der Waals surface area contributed by atoms with E-state index in [1.807, 2.05) is 6.07 Å². The highest BCUT2D eigenvalue weighted by Gasteiger charge is 2.11. The lowest BCUT2D eigenvalue weighted by atomic mass is 10.0. The molecule has 1 aliphatic rings. The monoisotopic (exact) mass is 354 g/mol. The number of likely N-dealkylation sites (tertiary alicyclic amines) is 1. The molecule has 2 aromatic rings. The van der Waals surface area contributed by atoms with Gasteiger partial charge < -0.3 is 10.2 Å². The fraction of sp³-hybridized carbons (Fsp3) is 0.524. The third kappa shape index (κ3) is 5.18. The van der Waals surface area contributed by atoms with Gasteiger partial charge in [0.2, 0.25) is 5.91 Å². The minimum Gasteiger partial charge on any atom is -0.309 e. The summed E-state index contributed by atoms with van der Waals surface area (Å²) in [4.78, 5) is 14.7. The first kappa shape index (κ1) is 18.6. The van der Waals surface area contributed by atoms with Crippen molar-refractivity contribution in [3.8, 4) is 11.3 Å². The molecule has 0 aliphatic carbocycles. The van der Waals surface area contributed by atoms with Gasteiger partial charge in [0.25, 0.3) is 0 Å². The van der Waals surface area contributed by atoms with E-state index in [0.717, 1.165) is 24.2 Å². The normalized spacial score (nSPS) is 15.6. The van der Waals surface area contributed by atoms with Gasteiger partial charge in [-0.05, 0) is 58.3 Å². The molecule has 3 rings (SSSR count). The molecule has 1 aromatic carbocycles. The van der Waals surface area contributed by atoms with E-state index in [1.54, 1.807) is 0 Å². The highest BCUT2D eigenvalue weighted by molar-refractivity contribution is 5.90. The average Bonchev–Trinajstić information content (AvgIpc) is 2.89. The number of hydrogen-bond acceptors (Lipinski definition) is 3. The number of amides is 1. The Morgan fingerprint density at radius 2 is 1.92 bits per heavy atom. The zero-order valence-electron chi connectivity index (χ0n) is 16.0. The summed E-state index contributed by atoms with van der Waals surface area (Å²) in [6, 6.07) is 8.23. The standard InChI is InChI=1S/C21H30N4O/c1-16-9-10-18(17(2)14-16)19-15-20(24-23-19)22-21(26)8-7-13-25-11-5-3-4-6-12-25/h9-10,14-15H,3-8,11-13H2,1-2H3,(H2,22,23,24,26). The quantitative estimate of drug-likeness (QED) is 0.813. The number of benzene rings is 1. The molecule has 0 bridgehead atoms. The van der Waals surface area contributed by atoms with Crippen LogP contribution in [0.4, 0.5) is 5.82 Å². The van der Waals surface area contributed by atoms with Gasteiger partial charge in [-0.3, -0.25) is 9.89 Å². The van der Waals surface area contributed by atoms with E-state index in [1.165, 1.54) is 49.9 Å². The molecule has 140 valence electrons. The molecule has 1 aliphatic heterocycles. The fourth-order valence-corrected chi connectivity index (χ4v) is 3.67. The predicted octanol–water partition coefficient (Wildman–Crippen LogP) is 4.29. The van der Waals surface area contributed by atoms with Crippen molar-refractivity contribution >= 4 is 11.7 Å². The van der Waals surface area contributed by atoms with Crippen LogP contribution >= 0.6 is 0 Å². The van der Waals surface area contributed by atoms with Gasteiger partial charge in [-0.1, -0.05) is 36.6 Å². The Balaban J connectivity index is 1.48. The van der Waals surface area contributed by atoms with Crippen LogP contribution in [0.5, 0.6) is 0 Å². The number of carbonyl (C=O) groups excluding carboxylic acids is 1. The molecule has 2 N–H and O–H groups in total. The maximum Gasteiger partial charge on any atom is 0.225 e. The molecular weight excluding hydrogens is 324 g/mol. The number of aromatic amines is 1. The molecule has 5 nitrogen and oxygen atoms in total. The van der Waals surface area contributed by atoms with Gasteiger partial charge in [0.1, 0.15) is 0 Å². The van der Waals surface area contributed by atoms with Crippen LogP contribution < -0.4 is 5.32 Å². The summed E-state index contributed by atoms with van der Waals surface area (Å²) in [5, 5.41) is 10.2. The zero-order valence-corrected chi connectivity index (χ0v) is 16.0. The minimum absolute atomic E-state index is 0.0403. The minimum atomic E-state index is 0.0403. The van der Waals surface area contributed by atoms with E-state index in [2.05, 4.69) is 52.5 Å². The number of carbonyl (C=O) groups is 1. The second-order valence-corrected chi connectivity index (χ2v) is 7.39. The number of aryl methyl sites for hydroxylation is 2. The van der Waals surface area contributed by atoms with Crippen LogP contribution in [0.2, 0.25) is 0 Å². The maximum atomic E-state index is 12.2. The van der Waals surface area contributed by atoms with Crippen molar-refractivity contribution in [1.29, 1.82) is 0 Å². The molecule has 1 fully saturated rings. The first-order valence-electron chi connectivity index (χ1n) is 9.77. The molecule has 0 saturated carbocycles. The van der Waals surface area contributed by atoms with Crippen molar-refractivity contribution in [2.75, 3.05) is 25.0 Å². The lowest BCUT2D eigenvalue weighted by molar-refractivity contribution is -0.116. The summed E-state index contributed by atoms with van der Waals surface area (Å²) in [6.07, 6.45) is 6.72. The van der Waals surface area contributed by atoms with E-state index in [9.17, 15) is 4.79 Å². The molecule has 5 heteroatoms. The van der Waals surface area contributed by atoms with Gasteiger partial charge in [0.05, 0.1) is 5.69 Å². The topological polar surface area (TPSA) is 61.0 Å². The Kier molecular flexibility index (Phi) is 6.45. The van der Waals surface area contributed by atoms with Gasteiger partial charge in [-0.15, -0.1) is 0 Å². The molecule has 0 unspecified atom stereocenters. The summed E-state index contributed by atoms with van der Waals surface area (Å²) >= 11 is 0. The molecule has 1 amide bonds. The summed E-state index contributed by atoms with van der Waals surface area (Å²) in [5.41, 5.74) is 4.49. The third-order valence-electron chi connectivity index (χ3n) is 5.09. The lowest BCUT2D eigenvalue weighted by Crippen LogP contribution is -2.26. The van der Waals surface area contributed by atoms with Gasteiger partial charge >= 0.3 is 0 Å². The lowest BCUT2D eigenvalue weighted by Gasteiger charge is -2.19. The van der Waals surface area contributed by atoms with Gasteiger partial charge in [-0.25, -0.2) is 0 Å². The average molecular weight is 354 g/mol. The van der Waals surface area contributed by atoms with Crippen LogP contribution in [0.25, 0.3) is 11.3 Å². The largest absolute Gasteiger partial charge is 0.309 e. The Hall–Kier alpha value is -2.14. The second-order valence-electron chi connectivity index (χ2n) is 7.39. The van der Waals surface area contributed by atoms with Gasteiger partial charge in [0, 0.05) is 18.1 Å². The van der Waals surface area contributed by atoms with E-state index in [4.69, 9.17) is 0 Å². The molecule has 1 aromatic heterocycles. The molecule has 0 spiro atoms. The maximum absolute atomic E-state index is 12.2. The number of anilines is 1. The molecule has 0 radical (unpaired) electrons. The highest BCUT2D eigenvalue weighted by atomic mass is 16.1. The molecule has 26 heavy (non-hydrogen) atoms. The predicted molar refractivity (Wildman–Crippen MR) is 106 cm³/mol. The van der Waals surface area contributed by atoms with Crippen LogP contribution in [0, 0.1) is 13.8 Å². The van der Waals surface area contributed by atoms with Crippen molar-refractivity contribution in [3.63, 3.8) is 0 Å². The second kappa shape index (κ2) is 8.99. The summed E-state index contributed by atoms with van der Waals surface area (Å²) < 4.78 is 0. The van der Waals surface area contributed by atoms with Crippen molar-refractivity contribution in [2.24, 2.45) is 0 Å². The number of rotatable bonds is 6. The van der Waals surface area contributed by atoms with Crippen molar-refractivity contribution in [3.05, 3.63) is 35.4 Å². The summed E-state index contributed by atoms with van der Waals surface area (Å²) in [7, 11) is 0. The SMILES string of the molecule is Cc1ccc(-c2cc(NC(=O)CCCN3CCCCCC3)n[nH]2)c(C)c1. The molecule has 1 saturated heterocycles. The number of H-pyrrole nitrogens is 1. The number of hydrogen-bond donors (Lipinski definition) is 2. The summed E-state index contributed by atoms with van der Waals surface area (Å²) in [5.74, 6) is 0.637. The Morgan fingerprint density at radius 3 is 2.65 bits per heavy atom. The van der Waals surface area contributed by atoms with Crippen molar-refractivity contribution < 1.29 is 4.79 Å². The van der Waals surface area contributed by atoms with Gasteiger partial charge in [-0.2, -0.15) is 5.10 Å². The molecule has 2 heterocycles. The van der Waals surface area contributed by atoms with Crippen molar-refractivity contribution in [2.45, 2.75) is 52.4 Å². The molecule has 0 atom stereocenters.